The van der Waals surface area contributed by atoms with Crippen molar-refractivity contribution in [2.75, 3.05) is 0 Å². The average Bonchev–Trinajstić information content (AvgIpc) is 2.36. The van der Waals surface area contributed by atoms with Crippen molar-refractivity contribution in [3.63, 3.8) is 0 Å². The lowest BCUT2D eigenvalue weighted by molar-refractivity contribution is 0.0696. The molecule has 0 spiro atoms. The molecule has 1 aromatic carbocycles. The summed E-state index contributed by atoms with van der Waals surface area (Å²) in [5.41, 5.74) is 0.863. The van der Waals surface area contributed by atoms with Crippen molar-refractivity contribution in [1.82, 2.24) is 4.98 Å². The first-order valence-electron chi connectivity index (χ1n) is 5.30. The van der Waals surface area contributed by atoms with Gasteiger partial charge in [-0.05, 0) is 36.8 Å². The van der Waals surface area contributed by atoms with Crippen LogP contribution in [0.3, 0.4) is 0 Å². The van der Waals surface area contributed by atoms with Gasteiger partial charge in [-0.3, -0.25) is 0 Å². The van der Waals surface area contributed by atoms with E-state index in [2.05, 4.69) is 4.98 Å². The monoisotopic (exact) mass is 297 g/mol. The summed E-state index contributed by atoms with van der Waals surface area (Å²) in [5, 5.41) is 9.57. The minimum Gasteiger partial charge on any atom is -0.478 e. The van der Waals surface area contributed by atoms with Gasteiger partial charge in [-0.15, -0.1) is 0 Å². The third kappa shape index (κ3) is 3.16. The topological polar surface area (TPSA) is 59.4 Å². The Kier molecular flexibility index (Phi) is 3.93. The van der Waals surface area contributed by atoms with Crippen molar-refractivity contribution >= 4 is 29.2 Å². The van der Waals surface area contributed by atoms with Crippen LogP contribution in [0.4, 0.5) is 0 Å². The van der Waals surface area contributed by atoms with Gasteiger partial charge in [0.1, 0.15) is 10.8 Å². The molecule has 0 saturated carbocycles. The van der Waals surface area contributed by atoms with E-state index >= 15 is 0 Å². The molecule has 1 heterocycles. The maximum atomic E-state index is 10.8. The van der Waals surface area contributed by atoms with Crippen molar-refractivity contribution in [3.05, 3.63) is 51.6 Å². The quantitative estimate of drug-likeness (QED) is 0.923. The van der Waals surface area contributed by atoms with E-state index in [0.717, 1.165) is 5.56 Å². The van der Waals surface area contributed by atoms with Gasteiger partial charge in [0.05, 0.1) is 5.56 Å². The highest BCUT2D eigenvalue weighted by Crippen LogP contribution is 2.29. The third-order valence-corrected chi connectivity index (χ3v) is 3.09. The predicted octanol–water partition coefficient (Wildman–Crippen LogP) is 4.19. The second-order valence-corrected chi connectivity index (χ2v) is 4.64. The van der Waals surface area contributed by atoms with E-state index < -0.39 is 5.97 Å². The predicted molar refractivity (Wildman–Crippen MR) is 72.5 cm³/mol. The SMILES string of the molecule is Cc1cc(Oc2ncc(C(=O)O)cc2Cl)ccc1Cl. The van der Waals surface area contributed by atoms with Gasteiger partial charge in [-0.1, -0.05) is 23.2 Å². The standard InChI is InChI=1S/C13H9Cl2NO3/c1-7-4-9(2-3-10(7)14)19-12-11(15)5-8(6-16-12)13(17)18/h2-6H,1H3,(H,17,18). The van der Waals surface area contributed by atoms with E-state index in [4.69, 9.17) is 33.0 Å². The van der Waals surface area contributed by atoms with E-state index in [1.165, 1.54) is 12.3 Å². The van der Waals surface area contributed by atoms with E-state index in [0.29, 0.717) is 10.8 Å². The molecule has 0 fully saturated rings. The van der Waals surface area contributed by atoms with E-state index in [9.17, 15) is 4.79 Å². The molecule has 0 saturated heterocycles. The van der Waals surface area contributed by atoms with Crippen LogP contribution in [0.5, 0.6) is 11.6 Å². The lowest BCUT2D eigenvalue weighted by Crippen LogP contribution is -1.98. The first-order valence-corrected chi connectivity index (χ1v) is 6.06. The van der Waals surface area contributed by atoms with Gasteiger partial charge in [-0.2, -0.15) is 0 Å². The molecule has 0 bridgehead atoms. The number of aryl methyl sites for hydroxylation is 1. The van der Waals surface area contributed by atoms with Crippen molar-refractivity contribution in [2.24, 2.45) is 0 Å². The summed E-state index contributed by atoms with van der Waals surface area (Å²) in [6.07, 6.45) is 1.19. The number of aromatic carboxylic acids is 1. The van der Waals surface area contributed by atoms with Gasteiger partial charge in [0.2, 0.25) is 5.88 Å². The van der Waals surface area contributed by atoms with Crippen LogP contribution < -0.4 is 4.74 Å². The second kappa shape index (κ2) is 5.47. The third-order valence-electron chi connectivity index (χ3n) is 2.40. The largest absolute Gasteiger partial charge is 0.478 e. The smallest absolute Gasteiger partial charge is 0.337 e. The highest BCUT2D eigenvalue weighted by molar-refractivity contribution is 6.32. The number of ether oxygens (including phenoxy) is 1. The van der Waals surface area contributed by atoms with Crippen molar-refractivity contribution < 1.29 is 14.6 Å². The average molecular weight is 298 g/mol. The van der Waals surface area contributed by atoms with Gasteiger partial charge >= 0.3 is 5.97 Å². The highest BCUT2D eigenvalue weighted by Gasteiger charge is 2.10. The molecule has 0 aliphatic heterocycles. The number of carbonyl (C=O) groups is 1. The molecule has 2 aromatic rings. The number of hydrogen-bond donors (Lipinski definition) is 1. The first kappa shape index (κ1) is 13.6. The molecule has 0 radical (unpaired) electrons. The molecule has 0 aliphatic rings. The van der Waals surface area contributed by atoms with Gasteiger partial charge < -0.3 is 9.84 Å². The van der Waals surface area contributed by atoms with Crippen LogP contribution in [-0.2, 0) is 0 Å². The molecule has 6 heteroatoms. The molecule has 0 unspecified atom stereocenters. The summed E-state index contributed by atoms with van der Waals surface area (Å²) in [4.78, 5) is 14.6. The highest BCUT2D eigenvalue weighted by atomic mass is 35.5. The van der Waals surface area contributed by atoms with E-state index in [1.807, 2.05) is 6.92 Å². The summed E-state index contributed by atoms with van der Waals surface area (Å²) < 4.78 is 5.49. The van der Waals surface area contributed by atoms with Crippen LogP contribution in [0.1, 0.15) is 15.9 Å². The van der Waals surface area contributed by atoms with Crippen LogP contribution >= 0.6 is 23.2 Å². The van der Waals surface area contributed by atoms with E-state index in [-0.39, 0.29) is 16.5 Å². The lowest BCUT2D eigenvalue weighted by atomic mass is 10.2. The molecule has 1 N–H and O–H groups in total. The molecular weight excluding hydrogens is 289 g/mol. The number of halogens is 2. The number of rotatable bonds is 3. The fraction of sp³-hybridized carbons (Fsp3) is 0.0769. The molecule has 4 nitrogen and oxygen atoms in total. The van der Waals surface area contributed by atoms with Crippen molar-refractivity contribution in [3.8, 4) is 11.6 Å². The molecule has 98 valence electrons. The summed E-state index contributed by atoms with van der Waals surface area (Å²) in [6.45, 7) is 1.84. The number of carboxylic acids is 1. The Morgan fingerprint density at radius 1 is 1.26 bits per heavy atom. The number of nitrogens with zero attached hydrogens (tertiary/aromatic N) is 1. The van der Waals surface area contributed by atoms with Gasteiger partial charge in [0, 0.05) is 11.2 Å². The molecular formula is C13H9Cl2NO3. The Morgan fingerprint density at radius 2 is 2.00 bits per heavy atom. The molecule has 0 amide bonds. The zero-order chi connectivity index (χ0) is 14.0. The Hall–Kier alpha value is -1.78. The molecule has 0 atom stereocenters. The van der Waals surface area contributed by atoms with Gasteiger partial charge in [-0.25, -0.2) is 9.78 Å². The zero-order valence-electron chi connectivity index (χ0n) is 9.85. The van der Waals surface area contributed by atoms with Gasteiger partial charge in [0.15, 0.2) is 0 Å². The maximum absolute atomic E-state index is 10.8. The van der Waals surface area contributed by atoms with Crippen LogP contribution in [0, 0.1) is 6.92 Å². The van der Waals surface area contributed by atoms with Crippen LogP contribution in [0.25, 0.3) is 0 Å². The second-order valence-electron chi connectivity index (χ2n) is 3.83. The molecule has 0 aliphatic carbocycles. The minimum absolute atomic E-state index is 0.00429. The van der Waals surface area contributed by atoms with Crippen LogP contribution in [0.2, 0.25) is 10.0 Å². The number of pyridine rings is 1. The van der Waals surface area contributed by atoms with Crippen LogP contribution in [0.15, 0.2) is 30.5 Å². The molecule has 19 heavy (non-hydrogen) atoms. The number of hydrogen-bond acceptors (Lipinski definition) is 3. The molecule has 1 aromatic heterocycles. The maximum Gasteiger partial charge on any atom is 0.337 e. The van der Waals surface area contributed by atoms with Crippen molar-refractivity contribution in [1.29, 1.82) is 0 Å². The molecule has 2 rings (SSSR count). The minimum atomic E-state index is -1.09. The fourth-order valence-corrected chi connectivity index (χ4v) is 1.73. The number of carboxylic acid groups (broad SMARTS) is 1. The van der Waals surface area contributed by atoms with Crippen LogP contribution in [-0.4, -0.2) is 16.1 Å². The summed E-state index contributed by atoms with van der Waals surface area (Å²) in [7, 11) is 0. The summed E-state index contributed by atoms with van der Waals surface area (Å²) >= 11 is 11.8. The summed E-state index contributed by atoms with van der Waals surface area (Å²) in [5.74, 6) is -0.420. The van der Waals surface area contributed by atoms with Gasteiger partial charge in [0.25, 0.3) is 0 Å². The Morgan fingerprint density at radius 3 is 2.58 bits per heavy atom. The summed E-state index contributed by atoms with van der Waals surface area (Å²) in [6, 6.07) is 6.41. The first-order chi connectivity index (χ1) is 8.97. The van der Waals surface area contributed by atoms with Crippen molar-refractivity contribution in [2.45, 2.75) is 6.92 Å². The zero-order valence-corrected chi connectivity index (χ0v) is 11.4. The Balaban J connectivity index is 2.28. The Bertz CT molecular complexity index is 644. The van der Waals surface area contributed by atoms with E-state index in [1.54, 1.807) is 18.2 Å². The normalized spacial score (nSPS) is 10.3. The number of aromatic nitrogens is 1. The lowest BCUT2D eigenvalue weighted by Gasteiger charge is -2.08. The fourth-order valence-electron chi connectivity index (χ4n) is 1.41. The Labute approximate surface area is 119 Å². The number of benzene rings is 1.